The zero-order valence-corrected chi connectivity index (χ0v) is 12.6. The molecule has 1 atom stereocenters. The second kappa shape index (κ2) is 8.69. The van der Waals surface area contributed by atoms with Gasteiger partial charge in [-0.05, 0) is 26.3 Å². The minimum atomic E-state index is -0.0431. The van der Waals surface area contributed by atoms with Crippen LogP contribution in [-0.2, 0) is 0 Å². The number of nitrogens with two attached hydrogens (primary N) is 1. The van der Waals surface area contributed by atoms with Gasteiger partial charge in [-0.1, -0.05) is 6.92 Å². The maximum Gasteiger partial charge on any atom is 0.263 e. The SMILES string of the molecule is Cc1nc(C)c(C(=O)NCC(C)CN)s1.Cl.Cl. The molecule has 3 N–H and O–H groups in total. The van der Waals surface area contributed by atoms with Gasteiger partial charge in [0.2, 0.25) is 0 Å². The van der Waals surface area contributed by atoms with Gasteiger partial charge in [-0.3, -0.25) is 4.79 Å². The van der Waals surface area contributed by atoms with Crippen LogP contribution in [0.1, 0.15) is 27.3 Å². The Morgan fingerprint density at radius 3 is 2.47 bits per heavy atom. The fourth-order valence-corrected chi connectivity index (χ4v) is 2.01. The average molecular weight is 300 g/mol. The average Bonchev–Trinajstić information content (AvgIpc) is 2.53. The van der Waals surface area contributed by atoms with Crippen molar-refractivity contribution >= 4 is 42.1 Å². The van der Waals surface area contributed by atoms with E-state index in [2.05, 4.69) is 10.3 Å². The molecule has 1 rings (SSSR count). The number of amides is 1. The van der Waals surface area contributed by atoms with E-state index in [9.17, 15) is 4.79 Å². The van der Waals surface area contributed by atoms with E-state index in [-0.39, 0.29) is 30.7 Å². The number of aromatic nitrogens is 1. The van der Waals surface area contributed by atoms with Crippen LogP contribution in [0.5, 0.6) is 0 Å². The van der Waals surface area contributed by atoms with Crippen molar-refractivity contribution in [2.75, 3.05) is 13.1 Å². The summed E-state index contributed by atoms with van der Waals surface area (Å²) in [5, 5.41) is 3.78. The van der Waals surface area contributed by atoms with Gasteiger partial charge in [0, 0.05) is 6.54 Å². The maximum absolute atomic E-state index is 11.7. The first-order valence-corrected chi connectivity index (χ1v) is 5.78. The van der Waals surface area contributed by atoms with Crippen LogP contribution >= 0.6 is 36.2 Å². The molecule has 0 spiro atoms. The van der Waals surface area contributed by atoms with E-state index < -0.39 is 0 Å². The molecule has 1 aromatic heterocycles. The second-order valence-corrected chi connectivity index (χ2v) is 4.90. The third kappa shape index (κ3) is 5.68. The Balaban J connectivity index is 0. The molecule has 0 aliphatic heterocycles. The monoisotopic (exact) mass is 299 g/mol. The molecule has 100 valence electrons. The van der Waals surface area contributed by atoms with E-state index in [1.165, 1.54) is 11.3 Å². The van der Waals surface area contributed by atoms with Crippen molar-refractivity contribution in [1.29, 1.82) is 0 Å². The molecule has 1 aromatic rings. The zero-order chi connectivity index (χ0) is 11.4. The van der Waals surface area contributed by atoms with Gasteiger partial charge in [0.25, 0.3) is 5.91 Å². The Morgan fingerprint density at radius 2 is 2.06 bits per heavy atom. The fraction of sp³-hybridized carbons (Fsp3) is 0.600. The van der Waals surface area contributed by atoms with E-state index >= 15 is 0 Å². The van der Waals surface area contributed by atoms with Crippen LogP contribution in [0.3, 0.4) is 0 Å². The number of carbonyl (C=O) groups is 1. The number of hydrogen-bond donors (Lipinski definition) is 2. The smallest absolute Gasteiger partial charge is 0.263 e. The molecule has 0 saturated heterocycles. The van der Waals surface area contributed by atoms with Gasteiger partial charge in [0.05, 0.1) is 10.7 Å². The molecule has 0 bridgehead atoms. The van der Waals surface area contributed by atoms with Crippen molar-refractivity contribution in [3.63, 3.8) is 0 Å². The van der Waals surface area contributed by atoms with Crippen LogP contribution in [0.4, 0.5) is 0 Å². The van der Waals surface area contributed by atoms with Crippen LogP contribution in [-0.4, -0.2) is 24.0 Å². The number of nitrogens with one attached hydrogen (secondary N) is 1. The minimum Gasteiger partial charge on any atom is -0.351 e. The van der Waals surface area contributed by atoms with E-state index in [4.69, 9.17) is 5.73 Å². The molecule has 0 fully saturated rings. The molecule has 7 heteroatoms. The molecule has 0 radical (unpaired) electrons. The van der Waals surface area contributed by atoms with Crippen LogP contribution < -0.4 is 11.1 Å². The van der Waals surface area contributed by atoms with Crippen LogP contribution in [0.25, 0.3) is 0 Å². The van der Waals surface area contributed by atoms with Gasteiger partial charge in [-0.25, -0.2) is 4.98 Å². The maximum atomic E-state index is 11.7. The van der Waals surface area contributed by atoms with E-state index in [1.807, 2.05) is 20.8 Å². The van der Waals surface area contributed by atoms with Crippen molar-refractivity contribution in [3.8, 4) is 0 Å². The molecule has 1 unspecified atom stereocenters. The molecule has 0 saturated carbocycles. The Bertz CT molecular complexity index is 357. The second-order valence-electron chi connectivity index (χ2n) is 3.70. The first kappa shape index (κ1) is 19.0. The molecular formula is C10H19Cl2N3OS. The largest absolute Gasteiger partial charge is 0.351 e. The summed E-state index contributed by atoms with van der Waals surface area (Å²) in [6, 6.07) is 0. The van der Waals surface area contributed by atoms with Gasteiger partial charge in [0.15, 0.2) is 0 Å². The molecule has 0 aromatic carbocycles. The molecule has 1 amide bonds. The summed E-state index contributed by atoms with van der Waals surface area (Å²) < 4.78 is 0. The lowest BCUT2D eigenvalue weighted by molar-refractivity contribution is 0.0952. The van der Waals surface area contributed by atoms with E-state index in [0.29, 0.717) is 23.9 Å². The lowest BCUT2D eigenvalue weighted by Gasteiger charge is -2.09. The van der Waals surface area contributed by atoms with Crippen LogP contribution in [0.15, 0.2) is 0 Å². The van der Waals surface area contributed by atoms with Gasteiger partial charge in [-0.15, -0.1) is 36.2 Å². The van der Waals surface area contributed by atoms with Crippen LogP contribution in [0, 0.1) is 19.8 Å². The summed E-state index contributed by atoms with van der Waals surface area (Å²) in [7, 11) is 0. The molecule has 17 heavy (non-hydrogen) atoms. The highest BCUT2D eigenvalue weighted by Crippen LogP contribution is 2.16. The normalized spacial score (nSPS) is 11.1. The Labute approximate surface area is 118 Å². The van der Waals surface area contributed by atoms with Gasteiger partial charge in [0.1, 0.15) is 4.88 Å². The third-order valence-corrected chi connectivity index (χ3v) is 3.19. The standard InChI is InChI=1S/C10H17N3OS.2ClH/c1-6(4-11)5-12-10(14)9-7(2)13-8(3)15-9;;/h6H,4-5,11H2,1-3H3,(H,12,14);2*1H. The lowest BCUT2D eigenvalue weighted by Crippen LogP contribution is -2.31. The van der Waals surface area contributed by atoms with Crippen molar-refractivity contribution < 1.29 is 4.79 Å². The predicted octanol–water partition coefficient (Wildman–Crippen LogP) is 1.93. The zero-order valence-electron chi connectivity index (χ0n) is 10.1. The van der Waals surface area contributed by atoms with Crippen molar-refractivity contribution in [3.05, 3.63) is 15.6 Å². The van der Waals surface area contributed by atoms with Crippen molar-refractivity contribution in [2.45, 2.75) is 20.8 Å². The number of thiazole rings is 1. The number of hydrogen-bond acceptors (Lipinski definition) is 4. The van der Waals surface area contributed by atoms with Gasteiger partial charge < -0.3 is 11.1 Å². The quantitative estimate of drug-likeness (QED) is 0.893. The summed E-state index contributed by atoms with van der Waals surface area (Å²) in [5.74, 6) is 0.265. The summed E-state index contributed by atoms with van der Waals surface area (Å²) in [6.45, 7) is 6.96. The summed E-state index contributed by atoms with van der Waals surface area (Å²) in [4.78, 5) is 16.6. The Hall–Kier alpha value is -0.360. The topological polar surface area (TPSA) is 68.0 Å². The fourth-order valence-electron chi connectivity index (χ4n) is 1.17. The first-order chi connectivity index (χ1) is 7.04. The lowest BCUT2D eigenvalue weighted by atomic mass is 10.2. The summed E-state index contributed by atoms with van der Waals surface area (Å²) >= 11 is 1.43. The predicted molar refractivity (Wildman–Crippen MR) is 76.6 cm³/mol. The van der Waals surface area contributed by atoms with E-state index in [0.717, 1.165) is 10.7 Å². The molecule has 1 heterocycles. The molecule has 0 aliphatic rings. The molecular weight excluding hydrogens is 281 g/mol. The highest BCUT2D eigenvalue weighted by atomic mass is 35.5. The number of halogens is 2. The highest BCUT2D eigenvalue weighted by molar-refractivity contribution is 7.13. The van der Waals surface area contributed by atoms with Crippen LogP contribution in [0.2, 0.25) is 0 Å². The minimum absolute atomic E-state index is 0. The number of rotatable bonds is 4. The summed E-state index contributed by atoms with van der Waals surface area (Å²) in [6.07, 6.45) is 0. The van der Waals surface area contributed by atoms with Crippen molar-refractivity contribution in [1.82, 2.24) is 10.3 Å². The van der Waals surface area contributed by atoms with Crippen molar-refractivity contribution in [2.24, 2.45) is 11.7 Å². The third-order valence-electron chi connectivity index (χ3n) is 2.12. The first-order valence-electron chi connectivity index (χ1n) is 4.97. The highest BCUT2D eigenvalue weighted by Gasteiger charge is 2.13. The Morgan fingerprint density at radius 1 is 1.47 bits per heavy atom. The molecule has 4 nitrogen and oxygen atoms in total. The van der Waals surface area contributed by atoms with E-state index in [1.54, 1.807) is 0 Å². The number of carbonyl (C=O) groups excluding carboxylic acids is 1. The number of aryl methyl sites for hydroxylation is 2. The summed E-state index contributed by atoms with van der Waals surface area (Å²) in [5.41, 5.74) is 6.27. The molecule has 0 aliphatic carbocycles. The Kier molecular flexibility index (Phi) is 9.71. The van der Waals surface area contributed by atoms with Gasteiger partial charge in [-0.2, -0.15) is 0 Å². The number of nitrogens with zero attached hydrogens (tertiary/aromatic N) is 1. The van der Waals surface area contributed by atoms with Gasteiger partial charge >= 0.3 is 0 Å².